The minimum Gasteiger partial charge on any atom is -0.324 e. The summed E-state index contributed by atoms with van der Waals surface area (Å²) < 4.78 is 0. The van der Waals surface area contributed by atoms with Gasteiger partial charge in [-0.15, -0.1) is 0 Å². The average molecular weight is 339 g/mol. The molecule has 0 aromatic heterocycles. The van der Waals surface area contributed by atoms with E-state index in [1.807, 2.05) is 0 Å². The highest BCUT2D eigenvalue weighted by molar-refractivity contribution is 6.23. The van der Waals surface area contributed by atoms with Gasteiger partial charge >= 0.3 is 0 Å². The number of carbonyl (C=O) groups is 3. The second kappa shape index (κ2) is 6.16. The standard InChI is InChI=1S/C17H13N3O5/c1-10(15(21)18-11-6-8-12(9-7-11)20(24)25)19-16(22)13-4-2-3-5-14(13)17(19)23/h2-10H,1H3,(H,18,21). The number of imide groups is 1. The van der Waals surface area contributed by atoms with Gasteiger partial charge in [0.2, 0.25) is 5.91 Å². The van der Waals surface area contributed by atoms with Gasteiger partial charge in [-0.1, -0.05) is 12.1 Å². The fourth-order valence-electron chi connectivity index (χ4n) is 2.59. The molecule has 1 aliphatic heterocycles. The highest BCUT2D eigenvalue weighted by Crippen LogP contribution is 2.25. The SMILES string of the molecule is CC(C(=O)Nc1ccc([N+](=O)[O-])cc1)N1C(=O)c2ccccc2C1=O. The Morgan fingerprint density at radius 1 is 1.04 bits per heavy atom. The first-order chi connectivity index (χ1) is 11.9. The maximum atomic E-state index is 12.4. The van der Waals surface area contributed by atoms with Crippen LogP contribution in [-0.2, 0) is 4.79 Å². The number of non-ortho nitro benzene ring substituents is 1. The van der Waals surface area contributed by atoms with E-state index in [1.54, 1.807) is 12.1 Å². The van der Waals surface area contributed by atoms with Gasteiger partial charge in [0.15, 0.2) is 0 Å². The molecule has 0 aliphatic carbocycles. The molecule has 2 aromatic carbocycles. The topological polar surface area (TPSA) is 110 Å². The average Bonchev–Trinajstić information content (AvgIpc) is 2.86. The van der Waals surface area contributed by atoms with Gasteiger partial charge < -0.3 is 5.32 Å². The zero-order valence-corrected chi connectivity index (χ0v) is 13.1. The van der Waals surface area contributed by atoms with E-state index in [2.05, 4.69) is 5.32 Å². The molecule has 8 heteroatoms. The molecule has 0 bridgehead atoms. The van der Waals surface area contributed by atoms with Crippen molar-refractivity contribution >= 4 is 29.1 Å². The third-order valence-corrected chi connectivity index (χ3v) is 3.94. The first-order valence-corrected chi connectivity index (χ1v) is 7.42. The van der Waals surface area contributed by atoms with Gasteiger partial charge in [-0.2, -0.15) is 0 Å². The minimum atomic E-state index is -1.03. The lowest BCUT2D eigenvalue weighted by atomic mass is 10.1. The molecule has 126 valence electrons. The summed E-state index contributed by atoms with van der Waals surface area (Å²) in [6.07, 6.45) is 0. The maximum Gasteiger partial charge on any atom is 0.269 e. The van der Waals surface area contributed by atoms with Crippen molar-refractivity contribution in [1.29, 1.82) is 0 Å². The third kappa shape index (κ3) is 2.85. The number of rotatable bonds is 4. The van der Waals surface area contributed by atoms with Crippen molar-refractivity contribution in [2.24, 2.45) is 0 Å². The van der Waals surface area contributed by atoms with Crippen molar-refractivity contribution in [2.75, 3.05) is 5.32 Å². The van der Waals surface area contributed by atoms with Gasteiger partial charge in [-0.3, -0.25) is 29.4 Å². The van der Waals surface area contributed by atoms with Crippen LogP contribution in [0.4, 0.5) is 11.4 Å². The van der Waals surface area contributed by atoms with Crippen molar-refractivity contribution in [3.8, 4) is 0 Å². The normalized spacial score (nSPS) is 14.2. The van der Waals surface area contributed by atoms with Crippen LogP contribution in [0.3, 0.4) is 0 Å². The summed E-state index contributed by atoms with van der Waals surface area (Å²) in [6, 6.07) is 10.6. The Balaban J connectivity index is 1.76. The van der Waals surface area contributed by atoms with Crippen LogP contribution in [0, 0.1) is 10.1 Å². The van der Waals surface area contributed by atoms with Crippen LogP contribution < -0.4 is 5.32 Å². The van der Waals surface area contributed by atoms with E-state index in [4.69, 9.17) is 0 Å². The van der Waals surface area contributed by atoms with Gasteiger partial charge in [0, 0.05) is 17.8 Å². The van der Waals surface area contributed by atoms with E-state index in [0.717, 1.165) is 4.90 Å². The molecule has 2 aromatic rings. The Kier molecular flexibility index (Phi) is 4.02. The summed E-state index contributed by atoms with van der Waals surface area (Å²) in [4.78, 5) is 48.1. The van der Waals surface area contributed by atoms with Crippen molar-refractivity contribution in [3.63, 3.8) is 0 Å². The van der Waals surface area contributed by atoms with Gasteiger partial charge in [0.05, 0.1) is 16.1 Å². The van der Waals surface area contributed by atoms with Crippen LogP contribution >= 0.6 is 0 Å². The van der Waals surface area contributed by atoms with Crippen LogP contribution in [0.2, 0.25) is 0 Å². The molecule has 1 N–H and O–H groups in total. The largest absolute Gasteiger partial charge is 0.324 e. The van der Waals surface area contributed by atoms with Gasteiger partial charge in [-0.25, -0.2) is 0 Å². The molecule has 0 saturated heterocycles. The first-order valence-electron chi connectivity index (χ1n) is 7.42. The lowest BCUT2D eigenvalue weighted by Crippen LogP contribution is -2.45. The number of carbonyl (C=O) groups excluding carboxylic acids is 3. The van der Waals surface area contributed by atoms with Gasteiger partial charge in [0.1, 0.15) is 6.04 Å². The quantitative estimate of drug-likeness (QED) is 0.522. The second-order valence-electron chi connectivity index (χ2n) is 5.50. The van der Waals surface area contributed by atoms with Crippen molar-refractivity contribution in [3.05, 3.63) is 69.8 Å². The number of fused-ring (bicyclic) bond motifs is 1. The number of nitro groups is 1. The monoisotopic (exact) mass is 339 g/mol. The summed E-state index contributed by atoms with van der Waals surface area (Å²) in [7, 11) is 0. The zero-order chi connectivity index (χ0) is 18.1. The Morgan fingerprint density at radius 2 is 1.56 bits per heavy atom. The van der Waals surface area contributed by atoms with E-state index >= 15 is 0 Å². The zero-order valence-electron chi connectivity index (χ0n) is 13.1. The van der Waals surface area contributed by atoms with Crippen LogP contribution in [0.25, 0.3) is 0 Å². The molecule has 0 fully saturated rings. The third-order valence-electron chi connectivity index (χ3n) is 3.94. The van der Waals surface area contributed by atoms with Crippen molar-refractivity contribution in [1.82, 2.24) is 4.90 Å². The molecular weight excluding hydrogens is 326 g/mol. The van der Waals surface area contributed by atoms with Crippen molar-refractivity contribution < 1.29 is 19.3 Å². The number of hydrogen-bond acceptors (Lipinski definition) is 5. The summed E-state index contributed by atoms with van der Waals surface area (Å²) >= 11 is 0. The molecule has 25 heavy (non-hydrogen) atoms. The Morgan fingerprint density at radius 3 is 2.04 bits per heavy atom. The van der Waals surface area contributed by atoms with Crippen LogP contribution in [0.15, 0.2) is 48.5 Å². The molecule has 0 saturated carbocycles. The second-order valence-corrected chi connectivity index (χ2v) is 5.50. The fraction of sp³-hybridized carbons (Fsp3) is 0.118. The molecule has 3 rings (SSSR count). The van der Waals surface area contributed by atoms with Crippen LogP contribution in [-0.4, -0.2) is 33.6 Å². The lowest BCUT2D eigenvalue weighted by molar-refractivity contribution is -0.384. The number of benzene rings is 2. The highest BCUT2D eigenvalue weighted by atomic mass is 16.6. The van der Waals surface area contributed by atoms with Crippen molar-refractivity contribution in [2.45, 2.75) is 13.0 Å². The fourth-order valence-corrected chi connectivity index (χ4v) is 2.59. The number of nitrogens with zero attached hydrogens (tertiary/aromatic N) is 2. The Bertz CT molecular complexity index is 856. The van der Waals surface area contributed by atoms with Gasteiger partial charge in [0.25, 0.3) is 17.5 Å². The minimum absolute atomic E-state index is 0.105. The van der Waals surface area contributed by atoms with E-state index in [1.165, 1.54) is 43.3 Å². The summed E-state index contributed by atoms with van der Waals surface area (Å²) in [6.45, 7) is 1.45. The summed E-state index contributed by atoms with van der Waals surface area (Å²) in [5.74, 6) is -1.61. The molecule has 1 atom stereocenters. The first kappa shape index (κ1) is 16.3. The number of nitrogens with one attached hydrogen (secondary N) is 1. The van der Waals surface area contributed by atoms with Gasteiger partial charge in [-0.05, 0) is 31.2 Å². The molecule has 1 unspecified atom stereocenters. The smallest absolute Gasteiger partial charge is 0.269 e. The maximum absolute atomic E-state index is 12.4. The molecule has 1 aliphatic rings. The number of amides is 3. The molecule has 1 heterocycles. The molecule has 8 nitrogen and oxygen atoms in total. The van der Waals surface area contributed by atoms with Crippen LogP contribution in [0.5, 0.6) is 0 Å². The van der Waals surface area contributed by atoms with Crippen LogP contribution in [0.1, 0.15) is 27.6 Å². The lowest BCUT2D eigenvalue weighted by Gasteiger charge is -2.21. The summed E-state index contributed by atoms with van der Waals surface area (Å²) in [5.41, 5.74) is 0.760. The molecular formula is C17H13N3O5. The number of nitro benzene ring substituents is 1. The number of anilines is 1. The van der Waals surface area contributed by atoms with E-state index in [9.17, 15) is 24.5 Å². The molecule has 3 amide bonds. The molecule has 0 spiro atoms. The predicted molar refractivity (Wildman–Crippen MR) is 88.1 cm³/mol. The summed E-state index contributed by atoms with van der Waals surface area (Å²) in [5, 5.41) is 13.2. The molecule has 0 radical (unpaired) electrons. The van der Waals surface area contributed by atoms with E-state index in [0.29, 0.717) is 5.69 Å². The van der Waals surface area contributed by atoms with E-state index < -0.39 is 28.7 Å². The highest BCUT2D eigenvalue weighted by Gasteiger charge is 2.40. The Hall–Kier alpha value is -3.55. The predicted octanol–water partition coefficient (Wildman–Crippen LogP) is 2.22. The number of hydrogen-bond donors (Lipinski definition) is 1. The van der Waals surface area contributed by atoms with E-state index in [-0.39, 0.29) is 16.8 Å². The Labute approximate surface area is 142 Å².